The number of hydrogen-bond donors (Lipinski definition) is 3. The van der Waals surface area contributed by atoms with E-state index < -0.39 is 97.5 Å². The number of aliphatic hydroxyl groups excluding tert-OH is 1. The van der Waals surface area contributed by atoms with Crippen molar-refractivity contribution in [3.63, 3.8) is 0 Å². The van der Waals surface area contributed by atoms with Gasteiger partial charge in [0.2, 0.25) is 0 Å². The van der Waals surface area contributed by atoms with Gasteiger partial charge in [-0.05, 0) is 43.4 Å². The molecule has 96 heavy (non-hydrogen) atoms. The van der Waals surface area contributed by atoms with E-state index in [0.29, 0.717) is 25.7 Å². The second-order valence-corrected chi connectivity index (χ2v) is 32.1. The third kappa shape index (κ3) is 70.5. The normalized spacial score (nSPS) is 14.1. The Hall–Kier alpha value is -1.94. The zero-order valence-corrected chi connectivity index (χ0v) is 64.6. The molecule has 2 unspecified atom stereocenters. The van der Waals surface area contributed by atoms with Crippen molar-refractivity contribution in [2.75, 3.05) is 39.6 Å². The summed E-state index contributed by atoms with van der Waals surface area (Å²) in [5.41, 5.74) is 0. The first-order valence-corrected chi connectivity index (χ1v) is 42.8. The van der Waals surface area contributed by atoms with Gasteiger partial charge in [0.05, 0.1) is 26.4 Å². The summed E-state index contributed by atoms with van der Waals surface area (Å²) < 4.78 is 68.6. The minimum atomic E-state index is -4.96. The number of aliphatic hydroxyl groups is 1. The highest BCUT2D eigenvalue weighted by Gasteiger charge is 2.30. The topological polar surface area (TPSA) is 237 Å². The molecule has 0 aliphatic carbocycles. The molecule has 0 aliphatic heterocycles. The fourth-order valence-corrected chi connectivity index (χ4v) is 13.4. The minimum Gasteiger partial charge on any atom is -0.462 e. The molecule has 3 N–H and O–H groups in total. The van der Waals surface area contributed by atoms with E-state index >= 15 is 0 Å². The molecule has 0 rings (SSSR count). The first kappa shape index (κ1) is 94.1. The molecule has 0 aromatic rings. The van der Waals surface area contributed by atoms with Gasteiger partial charge in [-0.2, -0.15) is 0 Å². The van der Waals surface area contributed by atoms with Gasteiger partial charge in [-0.15, -0.1) is 0 Å². The van der Waals surface area contributed by atoms with E-state index in [0.717, 1.165) is 108 Å². The number of esters is 4. The Morgan fingerprint density at radius 2 is 0.479 bits per heavy atom. The highest BCUT2D eigenvalue weighted by Crippen LogP contribution is 2.45. The maximum absolute atomic E-state index is 13.1. The van der Waals surface area contributed by atoms with Crippen LogP contribution >= 0.6 is 15.6 Å². The molecular weight excluding hydrogens is 1260 g/mol. The maximum Gasteiger partial charge on any atom is 0.472 e. The molecule has 0 bridgehead atoms. The van der Waals surface area contributed by atoms with Gasteiger partial charge in [0, 0.05) is 25.7 Å². The third-order valence-electron chi connectivity index (χ3n) is 17.9. The quantitative estimate of drug-likeness (QED) is 0.0222. The van der Waals surface area contributed by atoms with Crippen molar-refractivity contribution in [3.8, 4) is 0 Å². The van der Waals surface area contributed by atoms with Crippen molar-refractivity contribution in [1.82, 2.24) is 0 Å². The van der Waals surface area contributed by atoms with Gasteiger partial charge in [0.15, 0.2) is 12.2 Å². The second kappa shape index (κ2) is 67.5. The fourth-order valence-electron chi connectivity index (χ4n) is 11.8. The lowest BCUT2D eigenvalue weighted by Gasteiger charge is -2.21. The molecule has 19 heteroatoms. The standard InChI is InChI=1S/C77H150O17P2/c1-8-9-10-11-12-13-14-15-16-17-20-23-29-37-44-51-58-74(79)87-64-72(93-76(81)60-53-46-39-30-24-21-18-19-22-27-34-41-48-55-68(2)3)66-91-95(83,84)89-62-71(78)63-90-96(85,86)92-67-73(65-88-75(80)59-52-45-38-33-32-36-43-50-57-70(6)7)94-77(82)61-54-47-40-31-26-25-28-35-42-49-56-69(4)5/h68-73,78H,8-67H2,1-7H3,(H,83,84)(H,85,86)/t71-,72-,73-/m1/s1. The van der Waals surface area contributed by atoms with E-state index in [1.54, 1.807) is 0 Å². The molecule has 17 nitrogen and oxygen atoms in total. The van der Waals surface area contributed by atoms with Gasteiger partial charge in [-0.3, -0.25) is 37.3 Å². The SMILES string of the molecule is CCCCCCCCCCCCCCCCCCC(=O)OC[C@H](COP(=O)(O)OC[C@@H](O)COP(=O)(O)OC[C@@H](COC(=O)CCCCCCCCCCC(C)C)OC(=O)CCCCCCCCCCCCC(C)C)OC(=O)CCCCCCCCCCCCCCCC(C)C. The van der Waals surface area contributed by atoms with Gasteiger partial charge in [0.1, 0.15) is 19.3 Å². The van der Waals surface area contributed by atoms with Crippen LogP contribution in [-0.2, 0) is 65.4 Å². The zero-order chi connectivity index (χ0) is 70.9. The Bertz CT molecular complexity index is 1870. The second-order valence-electron chi connectivity index (χ2n) is 29.2. The average molecular weight is 1410 g/mol. The first-order chi connectivity index (χ1) is 46.2. The lowest BCUT2D eigenvalue weighted by Crippen LogP contribution is -2.30. The molecule has 0 saturated carbocycles. The zero-order valence-electron chi connectivity index (χ0n) is 62.8. The molecule has 0 aromatic heterocycles. The number of ether oxygens (including phenoxy) is 4. The van der Waals surface area contributed by atoms with E-state index in [-0.39, 0.29) is 25.7 Å². The minimum absolute atomic E-state index is 0.105. The highest BCUT2D eigenvalue weighted by molar-refractivity contribution is 7.47. The van der Waals surface area contributed by atoms with Crippen LogP contribution in [0.1, 0.15) is 395 Å². The Balaban J connectivity index is 5.26. The van der Waals surface area contributed by atoms with E-state index in [1.165, 1.54) is 205 Å². The largest absolute Gasteiger partial charge is 0.472 e. The van der Waals surface area contributed by atoms with Crippen molar-refractivity contribution in [1.29, 1.82) is 0 Å². The summed E-state index contributed by atoms with van der Waals surface area (Å²) in [5, 5.41) is 10.6. The Morgan fingerprint density at radius 1 is 0.281 bits per heavy atom. The van der Waals surface area contributed by atoms with Crippen molar-refractivity contribution in [3.05, 3.63) is 0 Å². The van der Waals surface area contributed by atoms with Crippen LogP contribution in [0.4, 0.5) is 0 Å². The van der Waals surface area contributed by atoms with E-state index in [1.807, 2.05) is 0 Å². The molecule has 0 aromatic carbocycles. The van der Waals surface area contributed by atoms with E-state index in [2.05, 4.69) is 48.5 Å². The van der Waals surface area contributed by atoms with Crippen LogP contribution in [0.2, 0.25) is 0 Å². The summed E-state index contributed by atoms with van der Waals surface area (Å²) in [6.45, 7) is 11.9. The third-order valence-corrected chi connectivity index (χ3v) is 19.8. The summed E-state index contributed by atoms with van der Waals surface area (Å²) in [7, 11) is -9.91. The van der Waals surface area contributed by atoms with Gasteiger partial charge >= 0.3 is 39.5 Å². The van der Waals surface area contributed by atoms with Crippen LogP contribution in [0.5, 0.6) is 0 Å². The number of carbonyl (C=O) groups is 4. The average Bonchev–Trinajstić information content (AvgIpc) is 1.68. The van der Waals surface area contributed by atoms with Gasteiger partial charge < -0.3 is 33.8 Å². The summed E-state index contributed by atoms with van der Waals surface area (Å²) in [5.74, 6) is 0.149. The molecule has 0 radical (unpaired) electrons. The van der Waals surface area contributed by atoms with Gasteiger partial charge in [-0.25, -0.2) is 9.13 Å². The Morgan fingerprint density at radius 3 is 0.708 bits per heavy atom. The fraction of sp³-hybridized carbons (Fsp3) is 0.948. The number of phosphoric ester groups is 2. The lowest BCUT2D eigenvalue weighted by molar-refractivity contribution is -0.161. The maximum atomic E-state index is 13.1. The summed E-state index contributed by atoms with van der Waals surface area (Å²) in [6, 6.07) is 0. The molecular formula is C77H150O17P2. The van der Waals surface area contributed by atoms with Crippen molar-refractivity contribution < 1.29 is 80.2 Å². The number of rotatable bonds is 75. The summed E-state index contributed by atoms with van der Waals surface area (Å²) in [6.07, 6.45) is 54.1. The molecule has 0 heterocycles. The van der Waals surface area contributed by atoms with Crippen LogP contribution in [0, 0.1) is 17.8 Å². The summed E-state index contributed by atoms with van der Waals surface area (Å²) in [4.78, 5) is 72.9. The molecule has 0 aliphatic rings. The predicted octanol–water partition coefficient (Wildman–Crippen LogP) is 22.6. The van der Waals surface area contributed by atoms with Crippen molar-refractivity contribution >= 4 is 39.5 Å². The number of unbranched alkanes of at least 4 members (excludes halogenated alkanes) is 43. The van der Waals surface area contributed by atoms with Gasteiger partial charge in [-0.1, -0.05) is 344 Å². The monoisotopic (exact) mass is 1410 g/mol. The van der Waals surface area contributed by atoms with Crippen LogP contribution in [0.3, 0.4) is 0 Å². The van der Waals surface area contributed by atoms with E-state index in [4.69, 9.17) is 37.0 Å². The summed E-state index contributed by atoms with van der Waals surface area (Å²) >= 11 is 0. The smallest absolute Gasteiger partial charge is 0.462 e. The Labute approximate surface area is 588 Å². The molecule has 0 spiro atoms. The van der Waals surface area contributed by atoms with Crippen molar-refractivity contribution in [2.45, 2.75) is 414 Å². The molecule has 570 valence electrons. The van der Waals surface area contributed by atoms with Crippen LogP contribution in [0.15, 0.2) is 0 Å². The molecule has 0 saturated heterocycles. The van der Waals surface area contributed by atoms with Gasteiger partial charge in [0.25, 0.3) is 0 Å². The predicted molar refractivity (Wildman–Crippen MR) is 391 cm³/mol. The molecule has 0 fully saturated rings. The van der Waals surface area contributed by atoms with Crippen molar-refractivity contribution in [2.24, 2.45) is 17.8 Å². The first-order valence-electron chi connectivity index (χ1n) is 39.8. The highest BCUT2D eigenvalue weighted by atomic mass is 31.2. The molecule has 5 atom stereocenters. The molecule has 0 amide bonds. The van der Waals surface area contributed by atoms with Crippen LogP contribution in [0.25, 0.3) is 0 Å². The Kier molecular flexibility index (Phi) is 66.2. The van der Waals surface area contributed by atoms with Crippen LogP contribution in [-0.4, -0.2) is 96.7 Å². The number of phosphoric acid groups is 2. The lowest BCUT2D eigenvalue weighted by atomic mass is 10.0. The van der Waals surface area contributed by atoms with Crippen LogP contribution < -0.4 is 0 Å². The van der Waals surface area contributed by atoms with E-state index in [9.17, 15) is 43.2 Å². The number of hydrogen-bond acceptors (Lipinski definition) is 15. The number of carbonyl (C=O) groups excluding carboxylic acids is 4.